The minimum atomic E-state index is -0.291. The van der Waals surface area contributed by atoms with Crippen molar-refractivity contribution in [3.05, 3.63) is 83.4 Å². The van der Waals surface area contributed by atoms with Gasteiger partial charge in [-0.25, -0.2) is 0 Å². The third-order valence-electron chi connectivity index (χ3n) is 8.49. The molecule has 2 amide bonds. The molecule has 2 saturated heterocycles. The van der Waals surface area contributed by atoms with Gasteiger partial charge in [-0.05, 0) is 48.4 Å². The molecule has 0 unspecified atom stereocenters. The molecule has 2 N–H and O–H groups in total. The minimum absolute atomic E-state index is 0.207. The Morgan fingerprint density at radius 2 is 1.76 bits per heavy atom. The number of carbonyl (C=O) groups excluding carboxylic acids is 2. The zero-order chi connectivity index (χ0) is 31.7. The van der Waals surface area contributed by atoms with Crippen LogP contribution in [-0.4, -0.2) is 100 Å². The Balaban J connectivity index is 1.16. The van der Waals surface area contributed by atoms with Crippen molar-refractivity contribution in [2.75, 3.05) is 66.3 Å². The van der Waals surface area contributed by atoms with Crippen LogP contribution in [0.5, 0.6) is 23.0 Å². The summed E-state index contributed by atoms with van der Waals surface area (Å²) in [5.74, 6) is 1.79. The van der Waals surface area contributed by atoms with Crippen LogP contribution in [0.25, 0.3) is 0 Å². The molecule has 11 nitrogen and oxygen atoms in total. The molecule has 4 bridgehead atoms. The van der Waals surface area contributed by atoms with E-state index in [0.29, 0.717) is 55.6 Å². The van der Waals surface area contributed by atoms with Crippen LogP contribution in [0, 0.1) is 0 Å². The highest BCUT2D eigenvalue weighted by Crippen LogP contribution is 2.29. The van der Waals surface area contributed by atoms with E-state index < -0.39 is 0 Å². The first-order valence-electron chi connectivity index (χ1n) is 15.9. The number of likely N-dealkylation sites (tertiary alicyclic amines) is 1. The number of hydrogen-bond donors (Lipinski definition) is 2. The lowest BCUT2D eigenvalue weighted by Gasteiger charge is -2.26. The summed E-state index contributed by atoms with van der Waals surface area (Å²) in [7, 11) is 1.52. The first-order chi connectivity index (χ1) is 22.5. The van der Waals surface area contributed by atoms with E-state index in [-0.39, 0.29) is 30.6 Å². The van der Waals surface area contributed by atoms with Crippen molar-refractivity contribution in [1.82, 2.24) is 20.4 Å². The summed E-state index contributed by atoms with van der Waals surface area (Å²) in [6.07, 6.45) is 0.659. The summed E-state index contributed by atoms with van der Waals surface area (Å²) in [6, 6.07) is 20.5. The van der Waals surface area contributed by atoms with Crippen LogP contribution in [0.4, 0.5) is 0 Å². The second kappa shape index (κ2) is 15.3. The average Bonchev–Trinajstić information content (AvgIpc) is 3.45. The van der Waals surface area contributed by atoms with Crippen molar-refractivity contribution in [2.45, 2.75) is 31.7 Å². The Hall–Kier alpha value is -4.32. The normalized spacial score (nSPS) is 20.9. The SMILES string of the molecule is COc1ccc2cc1OCC(=O)NCc1ccc(cc1)O[C@H]1CN(Cc3ccccc3OCCCN3CCOCC3)C[C@@H]1NC2=O. The van der Waals surface area contributed by atoms with E-state index in [9.17, 15) is 9.59 Å². The van der Waals surface area contributed by atoms with Crippen LogP contribution >= 0.6 is 0 Å². The fourth-order valence-electron chi connectivity index (χ4n) is 5.99. The molecule has 4 aliphatic heterocycles. The highest BCUT2D eigenvalue weighted by molar-refractivity contribution is 5.95. The Bertz CT molecular complexity index is 1480. The number of ether oxygens (including phenoxy) is 5. The van der Waals surface area contributed by atoms with E-state index >= 15 is 0 Å². The lowest BCUT2D eigenvalue weighted by molar-refractivity contribution is -0.123. The largest absolute Gasteiger partial charge is 0.493 e. The van der Waals surface area contributed by atoms with Gasteiger partial charge in [0.25, 0.3) is 11.8 Å². The molecule has 3 aromatic carbocycles. The number of morpholine rings is 1. The van der Waals surface area contributed by atoms with Crippen molar-refractivity contribution < 1.29 is 33.3 Å². The van der Waals surface area contributed by atoms with Crippen molar-refractivity contribution in [3.63, 3.8) is 0 Å². The van der Waals surface area contributed by atoms with Gasteiger partial charge in [0, 0.05) is 56.9 Å². The molecule has 3 aromatic rings. The zero-order valence-corrected chi connectivity index (χ0v) is 26.2. The zero-order valence-electron chi connectivity index (χ0n) is 26.2. The minimum Gasteiger partial charge on any atom is -0.493 e. The predicted molar refractivity (Wildman–Crippen MR) is 172 cm³/mol. The lowest BCUT2D eigenvalue weighted by atomic mass is 10.1. The van der Waals surface area contributed by atoms with Crippen molar-refractivity contribution in [1.29, 1.82) is 0 Å². The van der Waals surface area contributed by atoms with Crippen molar-refractivity contribution in [3.8, 4) is 23.0 Å². The fourth-order valence-corrected chi connectivity index (χ4v) is 5.99. The number of carbonyl (C=O) groups is 2. The molecular weight excluding hydrogens is 588 g/mol. The molecule has 2 fully saturated rings. The first kappa shape index (κ1) is 31.7. The van der Waals surface area contributed by atoms with Gasteiger partial charge in [-0.15, -0.1) is 0 Å². The molecule has 0 saturated carbocycles. The predicted octanol–water partition coefficient (Wildman–Crippen LogP) is 2.87. The standard InChI is InChI=1S/C35H42N4O7/c1-42-31-12-9-26-19-32(31)45-24-34(40)36-20-25-7-10-28(11-8-25)46-33-23-39(22-29(33)37-35(26)41)21-27-5-2-3-6-30(27)44-16-4-13-38-14-17-43-18-15-38/h2-3,5-12,19,29,33H,4,13-18,20-24H2,1H3,(H,36,40)(H,37,41)/t29-,33-/m0/s1. The molecule has 2 atom stereocenters. The van der Waals surface area contributed by atoms with E-state index in [2.05, 4.69) is 26.5 Å². The number of para-hydroxylation sites is 1. The van der Waals surface area contributed by atoms with Crippen molar-refractivity contribution >= 4 is 11.8 Å². The lowest BCUT2D eigenvalue weighted by Crippen LogP contribution is -2.45. The monoisotopic (exact) mass is 630 g/mol. The van der Waals surface area contributed by atoms with Crippen LogP contribution in [-0.2, 0) is 22.6 Å². The van der Waals surface area contributed by atoms with E-state index in [1.54, 1.807) is 18.2 Å². The smallest absolute Gasteiger partial charge is 0.258 e. The number of hydrogen-bond acceptors (Lipinski definition) is 9. The number of methoxy groups -OCH3 is 1. The van der Waals surface area contributed by atoms with Crippen LogP contribution in [0.2, 0.25) is 0 Å². The van der Waals surface area contributed by atoms with Gasteiger partial charge in [0.15, 0.2) is 18.1 Å². The highest BCUT2D eigenvalue weighted by Gasteiger charge is 2.36. The molecule has 7 rings (SSSR count). The maximum atomic E-state index is 13.5. The quantitative estimate of drug-likeness (QED) is 0.363. The molecule has 0 radical (unpaired) electrons. The number of benzene rings is 3. The summed E-state index contributed by atoms with van der Waals surface area (Å²) in [6.45, 7) is 7.20. The van der Waals surface area contributed by atoms with Gasteiger partial charge in [-0.1, -0.05) is 30.3 Å². The average molecular weight is 631 g/mol. The Kier molecular flexibility index (Phi) is 10.5. The molecule has 0 aromatic heterocycles. The van der Waals surface area contributed by atoms with Gasteiger partial charge >= 0.3 is 0 Å². The molecule has 0 spiro atoms. The Labute approximate surface area is 269 Å². The third-order valence-corrected chi connectivity index (χ3v) is 8.49. The second-order valence-electron chi connectivity index (χ2n) is 11.8. The molecule has 0 aliphatic carbocycles. The molecule has 11 heteroatoms. The van der Waals surface area contributed by atoms with Crippen LogP contribution in [0.3, 0.4) is 0 Å². The number of rotatable bonds is 8. The molecule has 244 valence electrons. The number of nitrogens with zero attached hydrogens (tertiary/aromatic N) is 2. The van der Waals surface area contributed by atoms with E-state index in [0.717, 1.165) is 56.1 Å². The molecular formula is C35H42N4O7. The maximum absolute atomic E-state index is 13.5. The highest BCUT2D eigenvalue weighted by atomic mass is 16.5. The van der Waals surface area contributed by atoms with Gasteiger partial charge in [0.2, 0.25) is 0 Å². The van der Waals surface area contributed by atoms with Crippen LogP contribution < -0.4 is 29.6 Å². The van der Waals surface area contributed by atoms with Gasteiger partial charge in [0.05, 0.1) is 33.0 Å². The maximum Gasteiger partial charge on any atom is 0.258 e. The Morgan fingerprint density at radius 3 is 2.59 bits per heavy atom. The number of nitrogens with one attached hydrogen (secondary N) is 2. The third kappa shape index (κ3) is 8.28. The number of fused-ring (bicyclic) bond motifs is 7. The molecule has 46 heavy (non-hydrogen) atoms. The Morgan fingerprint density at radius 1 is 0.935 bits per heavy atom. The van der Waals surface area contributed by atoms with Gasteiger partial charge in [-0.3, -0.25) is 19.4 Å². The van der Waals surface area contributed by atoms with E-state index in [1.165, 1.54) is 7.11 Å². The van der Waals surface area contributed by atoms with Gasteiger partial charge in [0.1, 0.15) is 17.6 Å². The van der Waals surface area contributed by atoms with Gasteiger partial charge < -0.3 is 34.3 Å². The summed E-state index contributed by atoms with van der Waals surface area (Å²) >= 11 is 0. The summed E-state index contributed by atoms with van der Waals surface area (Å²) in [5, 5.41) is 6.06. The second-order valence-corrected chi connectivity index (χ2v) is 11.8. The topological polar surface area (TPSA) is 111 Å². The van der Waals surface area contributed by atoms with Crippen LogP contribution in [0.1, 0.15) is 27.9 Å². The summed E-state index contributed by atoms with van der Waals surface area (Å²) in [5.41, 5.74) is 2.43. The van der Waals surface area contributed by atoms with Crippen molar-refractivity contribution in [2.24, 2.45) is 0 Å². The summed E-state index contributed by atoms with van der Waals surface area (Å²) < 4.78 is 29.4. The molecule has 4 aliphatic rings. The molecule has 4 heterocycles. The fraction of sp³-hybridized carbons (Fsp3) is 0.429. The first-order valence-corrected chi connectivity index (χ1v) is 15.9. The van der Waals surface area contributed by atoms with Gasteiger partial charge in [-0.2, -0.15) is 0 Å². The van der Waals surface area contributed by atoms with Crippen LogP contribution in [0.15, 0.2) is 66.7 Å². The number of amides is 2. The van der Waals surface area contributed by atoms with E-state index in [1.807, 2.05) is 42.5 Å². The van der Waals surface area contributed by atoms with E-state index in [4.69, 9.17) is 23.7 Å². The summed E-state index contributed by atoms with van der Waals surface area (Å²) in [4.78, 5) is 30.7.